The number of carboxylic acids is 1. The number of urea groups is 1. The van der Waals surface area contributed by atoms with Crippen LogP contribution in [0.2, 0.25) is 0 Å². The summed E-state index contributed by atoms with van der Waals surface area (Å²) in [6.07, 6.45) is 0. The monoisotopic (exact) mass is 278 g/mol. The second-order valence-electron chi connectivity index (χ2n) is 5.74. The third-order valence-electron chi connectivity index (χ3n) is 3.04. The number of aliphatic carboxylic acids is 1. The zero-order valence-electron chi connectivity index (χ0n) is 12.4. The van der Waals surface area contributed by atoms with Crippen LogP contribution in [0.3, 0.4) is 0 Å². The molecule has 110 valence electrons. The number of nitrogens with one attached hydrogen (secondary N) is 1. The lowest BCUT2D eigenvalue weighted by atomic mass is 10.1. The van der Waals surface area contributed by atoms with Crippen LogP contribution in [-0.4, -0.2) is 34.1 Å². The minimum Gasteiger partial charge on any atom is -0.480 e. The van der Waals surface area contributed by atoms with Crippen LogP contribution in [0.5, 0.6) is 0 Å². The highest BCUT2D eigenvalue weighted by atomic mass is 16.4. The summed E-state index contributed by atoms with van der Waals surface area (Å²) in [5, 5.41) is 11.7. The van der Waals surface area contributed by atoms with Crippen LogP contribution in [0.25, 0.3) is 0 Å². The van der Waals surface area contributed by atoms with Crippen molar-refractivity contribution in [3.63, 3.8) is 0 Å². The van der Waals surface area contributed by atoms with Crippen LogP contribution in [0.4, 0.5) is 4.79 Å². The van der Waals surface area contributed by atoms with Crippen LogP contribution in [0, 0.1) is 6.92 Å². The number of amides is 2. The maximum absolute atomic E-state index is 12.2. The first-order valence-electron chi connectivity index (χ1n) is 6.53. The van der Waals surface area contributed by atoms with Crippen molar-refractivity contribution < 1.29 is 14.7 Å². The molecule has 0 saturated carbocycles. The fraction of sp³-hybridized carbons (Fsp3) is 0.467. The standard InChI is InChI=1S/C15H22N2O3/c1-11-7-5-6-8-12(11)9-16-14(20)17(10-13(18)19)15(2,3)4/h5-8H,9-10H2,1-4H3,(H,16,20)(H,18,19). The first-order valence-corrected chi connectivity index (χ1v) is 6.53. The first kappa shape index (κ1) is 16.0. The van der Waals surface area contributed by atoms with Gasteiger partial charge in [0.15, 0.2) is 0 Å². The van der Waals surface area contributed by atoms with Crippen molar-refractivity contribution in [1.82, 2.24) is 10.2 Å². The predicted octanol–water partition coefficient (Wildman–Crippen LogP) is 2.39. The molecule has 0 aliphatic rings. The van der Waals surface area contributed by atoms with Gasteiger partial charge in [-0.15, -0.1) is 0 Å². The summed E-state index contributed by atoms with van der Waals surface area (Å²) in [7, 11) is 0. The number of hydrogen-bond donors (Lipinski definition) is 2. The zero-order valence-corrected chi connectivity index (χ0v) is 12.4. The van der Waals surface area contributed by atoms with E-state index in [1.165, 1.54) is 4.90 Å². The Hall–Kier alpha value is -2.04. The predicted molar refractivity (Wildman–Crippen MR) is 77.5 cm³/mol. The minimum atomic E-state index is -1.02. The molecule has 0 fully saturated rings. The van der Waals surface area contributed by atoms with Crippen molar-refractivity contribution >= 4 is 12.0 Å². The van der Waals surface area contributed by atoms with Gasteiger partial charge >= 0.3 is 12.0 Å². The zero-order chi connectivity index (χ0) is 15.3. The summed E-state index contributed by atoms with van der Waals surface area (Å²) < 4.78 is 0. The third-order valence-corrected chi connectivity index (χ3v) is 3.04. The summed E-state index contributed by atoms with van der Waals surface area (Å²) in [6.45, 7) is 7.47. The number of carbonyl (C=O) groups excluding carboxylic acids is 1. The van der Waals surface area contributed by atoms with Gasteiger partial charge in [0.1, 0.15) is 6.54 Å². The third kappa shape index (κ3) is 4.57. The van der Waals surface area contributed by atoms with E-state index in [9.17, 15) is 9.59 Å². The fourth-order valence-corrected chi connectivity index (χ4v) is 1.82. The second-order valence-corrected chi connectivity index (χ2v) is 5.74. The smallest absolute Gasteiger partial charge is 0.323 e. The fourth-order valence-electron chi connectivity index (χ4n) is 1.82. The first-order chi connectivity index (χ1) is 9.21. The Bertz CT molecular complexity index is 492. The number of nitrogens with zero attached hydrogens (tertiary/aromatic N) is 1. The molecule has 1 rings (SSSR count). The van der Waals surface area contributed by atoms with E-state index in [0.717, 1.165) is 11.1 Å². The maximum atomic E-state index is 12.2. The van der Waals surface area contributed by atoms with Crippen molar-refractivity contribution in [3.8, 4) is 0 Å². The van der Waals surface area contributed by atoms with Crippen LogP contribution < -0.4 is 5.32 Å². The Morgan fingerprint density at radius 2 is 1.85 bits per heavy atom. The molecule has 0 heterocycles. The summed E-state index contributed by atoms with van der Waals surface area (Å²) in [4.78, 5) is 24.3. The molecular weight excluding hydrogens is 256 g/mol. The lowest BCUT2D eigenvalue weighted by molar-refractivity contribution is -0.138. The molecule has 0 radical (unpaired) electrons. The molecule has 5 heteroatoms. The minimum absolute atomic E-state index is 0.316. The molecule has 0 bridgehead atoms. The molecule has 5 nitrogen and oxygen atoms in total. The van der Waals surface area contributed by atoms with E-state index in [0.29, 0.717) is 6.54 Å². The number of carbonyl (C=O) groups is 2. The molecule has 0 unspecified atom stereocenters. The Balaban J connectivity index is 2.72. The van der Waals surface area contributed by atoms with E-state index < -0.39 is 11.5 Å². The van der Waals surface area contributed by atoms with E-state index in [4.69, 9.17) is 5.11 Å². The summed E-state index contributed by atoms with van der Waals surface area (Å²) in [5.74, 6) is -1.02. The van der Waals surface area contributed by atoms with Crippen molar-refractivity contribution in [2.45, 2.75) is 39.8 Å². The number of carboxylic acid groups (broad SMARTS) is 1. The Morgan fingerprint density at radius 3 is 2.35 bits per heavy atom. The molecule has 0 aromatic heterocycles. The lowest BCUT2D eigenvalue weighted by Crippen LogP contribution is -2.52. The molecule has 0 aliphatic carbocycles. The van der Waals surface area contributed by atoms with Crippen molar-refractivity contribution in [3.05, 3.63) is 35.4 Å². The summed E-state index contributed by atoms with van der Waals surface area (Å²) >= 11 is 0. The van der Waals surface area contributed by atoms with E-state index in [2.05, 4.69) is 5.32 Å². The van der Waals surface area contributed by atoms with Gasteiger partial charge in [-0.1, -0.05) is 24.3 Å². The molecule has 20 heavy (non-hydrogen) atoms. The average Bonchev–Trinajstić information content (AvgIpc) is 2.33. The van der Waals surface area contributed by atoms with Crippen LogP contribution in [0.15, 0.2) is 24.3 Å². The van der Waals surface area contributed by atoms with E-state index in [1.54, 1.807) is 0 Å². The normalized spacial score (nSPS) is 11.0. The quantitative estimate of drug-likeness (QED) is 0.888. The van der Waals surface area contributed by atoms with E-state index in [-0.39, 0.29) is 12.6 Å². The van der Waals surface area contributed by atoms with Gasteiger partial charge in [-0.25, -0.2) is 4.79 Å². The van der Waals surface area contributed by atoms with Crippen LogP contribution in [-0.2, 0) is 11.3 Å². The van der Waals surface area contributed by atoms with E-state index >= 15 is 0 Å². The highest BCUT2D eigenvalue weighted by molar-refractivity contribution is 5.80. The van der Waals surface area contributed by atoms with Crippen molar-refractivity contribution in [2.75, 3.05) is 6.54 Å². The van der Waals surface area contributed by atoms with Gasteiger partial charge in [-0.2, -0.15) is 0 Å². The van der Waals surface area contributed by atoms with Crippen molar-refractivity contribution in [2.24, 2.45) is 0 Å². The van der Waals surface area contributed by atoms with E-state index in [1.807, 2.05) is 52.0 Å². The summed E-state index contributed by atoms with van der Waals surface area (Å²) in [6, 6.07) is 7.39. The van der Waals surface area contributed by atoms with Crippen LogP contribution >= 0.6 is 0 Å². The van der Waals surface area contributed by atoms with Gasteiger partial charge in [-0.05, 0) is 38.8 Å². The molecule has 0 saturated heterocycles. The topological polar surface area (TPSA) is 69.6 Å². The molecule has 2 amide bonds. The molecule has 0 aliphatic heterocycles. The highest BCUT2D eigenvalue weighted by Crippen LogP contribution is 2.13. The lowest BCUT2D eigenvalue weighted by Gasteiger charge is -2.34. The van der Waals surface area contributed by atoms with Gasteiger partial charge in [0.25, 0.3) is 0 Å². The Labute approximate surface area is 119 Å². The van der Waals surface area contributed by atoms with Crippen LogP contribution in [0.1, 0.15) is 31.9 Å². The number of benzene rings is 1. The number of hydrogen-bond acceptors (Lipinski definition) is 2. The molecule has 1 aromatic rings. The Morgan fingerprint density at radius 1 is 1.25 bits per heavy atom. The second kappa shape index (κ2) is 6.41. The molecule has 1 aromatic carbocycles. The van der Waals surface area contributed by atoms with Crippen molar-refractivity contribution in [1.29, 1.82) is 0 Å². The number of rotatable bonds is 4. The van der Waals surface area contributed by atoms with Gasteiger partial charge in [0.05, 0.1) is 0 Å². The van der Waals surface area contributed by atoms with Gasteiger partial charge in [-0.3, -0.25) is 4.79 Å². The molecule has 2 N–H and O–H groups in total. The van der Waals surface area contributed by atoms with Gasteiger partial charge < -0.3 is 15.3 Å². The molecular formula is C15H22N2O3. The van der Waals surface area contributed by atoms with Gasteiger partial charge in [0.2, 0.25) is 0 Å². The maximum Gasteiger partial charge on any atom is 0.323 e. The Kier molecular flexibility index (Phi) is 5.13. The van der Waals surface area contributed by atoms with Gasteiger partial charge in [0, 0.05) is 12.1 Å². The largest absolute Gasteiger partial charge is 0.480 e. The highest BCUT2D eigenvalue weighted by Gasteiger charge is 2.28. The average molecular weight is 278 g/mol. The molecule has 0 atom stereocenters. The number of aryl methyl sites for hydroxylation is 1. The SMILES string of the molecule is Cc1ccccc1CNC(=O)N(CC(=O)O)C(C)(C)C. The molecule has 0 spiro atoms. The summed E-state index contributed by atoms with van der Waals surface area (Å²) in [5.41, 5.74) is 1.56.